The summed E-state index contributed by atoms with van der Waals surface area (Å²) in [6.07, 6.45) is 3.72. The second-order valence-electron chi connectivity index (χ2n) is 7.96. The minimum atomic E-state index is -1.24. The third kappa shape index (κ3) is 4.69. The number of benzene rings is 2. The number of hydrogen-bond acceptors (Lipinski definition) is 5. The van der Waals surface area contributed by atoms with E-state index >= 15 is 0 Å². The van der Waals surface area contributed by atoms with Crippen LogP contribution in [-0.2, 0) is 19.1 Å². The minimum absolute atomic E-state index is 0.0813. The third-order valence-corrected chi connectivity index (χ3v) is 5.93. The van der Waals surface area contributed by atoms with Gasteiger partial charge >= 0.3 is 12.1 Å². The molecule has 1 saturated heterocycles. The Hall–Kier alpha value is -3.83. The van der Waals surface area contributed by atoms with E-state index < -0.39 is 36.2 Å². The molecule has 33 heavy (non-hydrogen) atoms. The molecule has 1 aliphatic heterocycles. The smallest absolute Gasteiger partial charge is 0.407 e. The molecule has 3 atom stereocenters. The van der Waals surface area contributed by atoms with E-state index in [2.05, 4.69) is 28.7 Å². The van der Waals surface area contributed by atoms with Crippen molar-refractivity contribution in [2.75, 3.05) is 13.2 Å². The lowest BCUT2D eigenvalue weighted by Gasteiger charge is -2.21. The molecule has 1 fully saturated rings. The van der Waals surface area contributed by atoms with Gasteiger partial charge in [0.05, 0.1) is 6.04 Å². The predicted molar refractivity (Wildman–Crippen MR) is 119 cm³/mol. The van der Waals surface area contributed by atoms with Crippen LogP contribution in [0.4, 0.5) is 4.79 Å². The van der Waals surface area contributed by atoms with E-state index in [0.29, 0.717) is 6.42 Å². The number of terminal acetylenes is 1. The van der Waals surface area contributed by atoms with Crippen LogP contribution >= 0.6 is 0 Å². The molecule has 3 N–H and O–H groups in total. The monoisotopic (exact) mass is 448 g/mol. The number of amides is 2. The van der Waals surface area contributed by atoms with E-state index in [1.165, 1.54) is 0 Å². The molecule has 2 aliphatic rings. The number of aliphatic carboxylic acids is 1. The SMILES string of the molecule is C#CCC(NC(=O)[C@@H]1OCC[C@@H]1NC(=O)OCC1c2ccccc2-c2ccccc21)C(=O)O. The zero-order valence-electron chi connectivity index (χ0n) is 17.8. The highest BCUT2D eigenvalue weighted by Crippen LogP contribution is 2.44. The maximum Gasteiger partial charge on any atom is 0.407 e. The van der Waals surface area contributed by atoms with Crippen LogP contribution in [0, 0.1) is 12.3 Å². The Morgan fingerprint density at radius 3 is 2.36 bits per heavy atom. The topological polar surface area (TPSA) is 114 Å². The lowest BCUT2D eigenvalue weighted by Crippen LogP contribution is -2.52. The van der Waals surface area contributed by atoms with E-state index in [-0.39, 0.29) is 25.6 Å². The van der Waals surface area contributed by atoms with Crippen LogP contribution in [0.25, 0.3) is 11.1 Å². The number of carboxylic acids is 1. The Kier molecular flexibility index (Phi) is 6.61. The molecule has 0 radical (unpaired) electrons. The highest BCUT2D eigenvalue weighted by Gasteiger charge is 2.37. The van der Waals surface area contributed by atoms with E-state index in [1.54, 1.807) is 0 Å². The maximum absolute atomic E-state index is 12.5. The van der Waals surface area contributed by atoms with Gasteiger partial charge in [0.1, 0.15) is 12.6 Å². The van der Waals surface area contributed by atoms with Gasteiger partial charge in [-0.05, 0) is 28.7 Å². The Bertz CT molecular complexity index is 1060. The number of nitrogens with one attached hydrogen (secondary N) is 2. The standard InChI is InChI=1S/C25H24N2O6/c1-2-7-21(24(29)30)26-23(28)22-20(12-13-32-22)27-25(31)33-14-19-17-10-5-3-8-15(17)16-9-4-6-11-18(16)19/h1,3-6,8-11,19-22H,7,12-14H2,(H,26,28)(H,27,31)(H,29,30)/t20-,21?,22+/m0/s1. The van der Waals surface area contributed by atoms with Crippen molar-refractivity contribution in [3.63, 3.8) is 0 Å². The van der Waals surface area contributed by atoms with Gasteiger partial charge in [0.15, 0.2) is 6.10 Å². The summed E-state index contributed by atoms with van der Waals surface area (Å²) in [5, 5.41) is 14.2. The normalized spacial score (nSPS) is 19.6. The average molecular weight is 448 g/mol. The quantitative estimate of drug-likeness (QED) is 0.560. The summed E-state index contributed by atoms with van der Waals surface area (Å²) in [6.45, 7) is 0.396. The number of carbonyl (C=O) groups excluding carboxylic acids is 2. The Labute approximate surface area is 191 Å². The summed E-state index contributed by atoms with van der Waals surface area (Å²) in [7, 11) is 0. The molecule has 1 unspecified atom stereocenters. The summed E-state index contributed by atoms with van der Waals surface area (Å²) in [6, 6.07) is 14.2. The first-order chi connectivity index (χ1) is 16.0. The molecule has 170 valence electrons. The molecule has 4 rings (SSSR count). The number of ether oxygens (including phenoxy) is 2. The average Bonchev–Trinajstić information content (AvgIpc) is 3.40. The molecule has 8 heteroatoms. The molecule has 0 spiro atoms. The number of hydrogen-bond donors (Lipinski definition) is 3. The fraction of sp³-hybridized carbons (Fsp3) is 0.320. The first-order valence-corrected chi connectivity index (χ1v) is 10.7. The molecule has 2 aromatic rings. The number of alkyl carbamates (subject to hydrolysis) is 1. The highest BCUT2D eigenvalue weighted by molar-refractivity contribution is 5.87. The van der Waals surface area contributed by atoms with Crippen LogP contribution in [-0.4, -0.2) is 54.5 Å². The van der Waals surface area contributed by atoms with Gasteiger partial charge in [0.2, 0.25) is 0 Å². The number of carboxylic acid groups (broad SMARTS) is 1. The zero-order chi connectivity index (χ0) is 23.4. The van der Waals surface area contributed by atoms with Crippen LogP contribution < -0.4 is 10.6 Å². The molecule has 0 bridgehead atoms. The van der Waals surface area contributed by atoms with Gasteiger partial charge in [0, 0.05) is 18.9 Å². The van der Waals surface area contributed by atoms with Gasteiger partial charge in [-0.3, -0.25) is 4.79 Å². The number of rotatable bonds is 7. The van der Waals surface area contributed by atoms with E-state index in [1.807, 2.05) is 36.4 Å². The summed E-state index contributed by atoms with van der Waals surface area (Å²) >= 11 is 0. The van der Waals surface area contributed by atoms with E-state index in [0.717, 1.165) is 22.3 Å². The van der Waals surface area contributed by atoms with Crippen molar-refractivity contribution in [3.05, 3.63) is 59.7 Å². The van der Waals surface area contributed by atoms with Gasteiger partial charge in [-0.15, -0.1) is 12.3 Å². The second-order valence-corrected chi connectivity index (χ2v) is 7.96. The molecule has 0 saturated carbocycles. The van der Waals surface area contributed by atoms with Gasteiger partial charge in [-0.25, -0.2) is 9.59 Å². The maximum atomic E-state index is 12.5. The van der Waals surface area contributed by atoms with Crippen molar-refractivity contribution in [1.82, 2.24) is 10.6 Å². The van der Waals surface area contributed by atoms with Crippen molar-refractivity contribution < 1.29 is 29.0 Å². The highest BCUT2D eigenvalue weighted by atomic mass is 16.6. The van der Waals surface area contributed by atoms with Gasteiger partial charge in [-0.1, -0.05) is 48.5 Å². The molecule has 8 nitrogen and oxygen atoms in total. The van der Waals surface area contributed by atoms with Crippen molar-refractivity contribution in [2.45, 2.75) is 36.9 Å². The van der Waals surface area contributed by atoms with Crippen LogP contribution in [0.1, 0.15) is 29.9 Å². The van der Waals surface area contributed by atoms with E-state index in [9.17, 15) is 19.5 Å². The predicted octanol–water partition coefficient (Wildman–Crippen LogP) is 2.28. The van der Waals surface area contributed by atoms with Crippen LogP contribution in [0.2, 0.25) is 0 Å². The van der Waals surface area contributed by atoms with Crippen LogP contribution in [0.3, 0.4) is 0 Å². The largest absolute Gasteiger partial charge is 0.480 e. The summed E-state index contributed by atoms with van der Waals surface area (Å²) in [4.78, 5) is 36.3. The summed E-state index contributed by atoms with van der Waals surface area (Å²) < 4.78 is 11.0. The van der Waals surface area contributed by atoms with Gasteiger partial charge in [-0.2, -0.15) is 0 Å². The van der Waals surface area contributed by atoms with Crippen LogP contribution in [0.5, 0.6) is 0 Å². The molecule has 2 amide bonds. The molecule has 1 heterocycles. The number of carbonyl (C=O) groups is 3. The first kappa shape index (κ1) is 22.4. The summed E-state index contributed by atoms with van der Waals surface area (Å²) in [5.41, 5.74) is 4.45. The fourth-order valence-electron chi connectivity index (χ4n) is 4.36. The van der Waals surface area contributed by atoms with Gasteiger partial charge < -0.3 is 25.2 Å². The molecule has 2 aromatic carbocycles. The number of fused-ring (bicyclic) bond motifs is 3. The molecular formula is C25H24N2O6. The Balaban J connectivity index is 1.37. The molecular weight excluding hydrogens is 424 g/mol. The van der Waals surface area contributed by atoms with Crippen molar-refractivity contribution in [3.8, 4) is 23.5 Å². The van der Waals surface area contributed by atoms with Crippen molar-refractivity contribution >= 4 is 18.0 Å². The minimum Gasteiger partial charge on any atom is -0.480 e. The first-order valence-electron chi connectivity index (χ1n) is 10.7. The summed E-state index contributed by atoms with van der Waals surface area (Å²) in [5.74, 6) is 0.263. The molecule has 0 aromatic heterocycles. The van der Waals surface area contributed by atoms with E-state index in [4.69, 9.17) is 15.9 Å². The molecule has 1 aliphatic carbocycles. The third-order valence-electron chi connectivity index (χ3n) is 5.93. The van der Waals surface area contributed by atoms with Crippen molar-refractivity contribution in [1.29, 1.82) is 0 Å². The zero-order valence-corrected chi connectivity index (χ0v) is 17.8. The Morgan fingerprint density at radius 1 is 1.12 bits per heavy atom. The second kappa shape index (κ2) is 9.76. The van der Waals surface area contributed by atoms with Crippen molar-refractivity contribution in [2.24, 2.45) is 0 Å². The lowest BCUT2D eigenvalue weighted by atomic mass is 9.98. The Morgan fingerprint density at radius 2 is 1.76 bits per heavy atom. The van der Waals surface area contributed by atoms with Gasteiger partial charge in [0.25, 0.3) is 5.91 Å². The fourth-order valence-corrected chi connectivity index (χ4v) is 4.36. The lowest BCUT2D eigenvalue weighted by molar-refractivity contribution is -0.143. The van der Waals surface area contributed by atoms with Crippen LogP contribution in [0.15, 0.2) is 48.5 Å².